The normalized spacial score (nSPS) is 14.8. The lowest BCUT2D eigenvalue weighted by Crippen LogP contribution is -2.15. The van der Waals surface area contributed by atoms with Gasteiger partial charge in [0.2, 0.25) is 0 Å². The van der Waals surface area contributed by atoms with Crippen molar-refractivity contribution in [3.05, 3.63) is 54.4 Å². The lowest BCUT2D eigenvalue weighted by molar-refractivity contribution is 0.674. The van der Waals surface area contributed by atoms with Gasteiger partial charge in [0.1, 0.15) is 0 Å². The lowest BCUT2D eigenvalue weighted by atomic mass is 10.1. The van der Waals surface area contributed by atoms with E-state index < -0.39 is 0 Å². The van der Waals surface area contributed by atoms with Gasteiger partial charge in [0.05, 0.1) is 5.69 Å². The van der Waals surface area contributed by atoms with Crippen LogP contribution in [0.5, 0.6) is 0 Å². The minimum Gasteiger partial charge on any atom is -0.308 e. The summed E-state index contributed by atoms with van der Waals surface area (Å²) in [7, 11) is 0. The van der Waals surface area contributed by atoms with Crippen LogP contribution < -0.4 is 5.32 Å². The van der Waals surface area contributed by atoms with Gasteiger partial charge in [-0.1, -0.05) is 36.4 Å². The molecule has 2 nitrogen and oxygen atoms in total. The summed E-state index contributed by atoms with van der Waals surface area (Å²) < 4.78 is 0. The predicted octanol–water partition coefficient (Wildman–Crippen LogP) is 3.00. The van der Waals surface area contributed by atoms with Gasteiger partial charge in [0.15, 0.2) is 0 Å². The Labute approximate surface area is 102 Å². The molecule has 1 saturated carbocycles. The van der Waals surface area contributed by atoms with Crippen molar-refractivity contribution in [3.63, 3.8) is 0 Å². The van der Waals surface area contributed by atoms with E-state index >= 15 is 0 Å². The molecule has 0 atom stereocenters. The first kappa shape index (κ1) is 10.5. The number of nitrogens with one attached hydrogen (secondary N) is 1. The Morgan fingerprint density at radius 2 is 1.82 bits per heavy atom. The first-order valence-electron chi connectivity index (χ1n) is 6.15. The molecule has 1 heterocycles. The third-order valence-corrected chi connectivity index (χ3v) is 3.08. The second kappa shape index (κ2) is 4.68. The Bertz CT molecular complexity index is 472. The summed E-state index contributed by atoms with van der Waals surface area (Å²) in [5, 5.41) is 3.47. The van der Waals surface area contributed by atoms with Gasteiger partial charge in [-0.2, -0.15) is 0 Å². The largest absolute Gasteiger partial charge is 0.308 e. The second-order valence-corrected chi connectivity index (χ2v) is 4.56. The van der Waals surface area contributed by atoms with Gasteiger partial charge in [-0.05, 0) is 24.5 Å². The molecule has 0 radical (unpaired) electrons. The number of pyridine rings is 1. The number of hydrogen-bond donors (Lipinski definition) is 1. The second-order valence-electron chi connectivity index (χ2n) is 4.56. The molecule has 1 aromatic carbocycles. The molecule has 3 rings (SSSR count). The van der Waals surface area contributed by atoms with E-state index in [1.54, 1.807) is 0 Å². The summed E-state index contributed by atoms with van der Waals surface area (Å²) in [5.41, 5.74) is 3.53. The maximum Gasteiger partial charge on any atom is 0.0542 e. The zero-order chi connectivity index (χ0) is 11.5. The summed E-state index contributed by atoms with van der Waals surface area (Å²) in [6.45, 7) is 0.889. The molecule has 1 fully saturated rings. The third kappa shape index (κ3) is 2.71. The maximum atomic E-state index is 4.49. The standard InChI is InChI=1S/C15H16N2/c1-2-4-12(5-3-1)13-6-7-15(16-10-13)11-17-14-8-9-14/h1-7,10,14,17H,8-9,11H2. The summed E-state index contributed by atoms with van der Waals surface area (Å²) in [4.78, 5) is 4.49. The number of aromatic nitrogens is 1. The van der Waals surface area contributed by atoms with E-state index in [0.29, 0.717) is 0 Å². The molecule has 0 unspecified atom stereocenters. The summed E-state index contributed by atoms with van der Waals surface area (Å²) in [5.74, 6) is 0. The molecular formula is C15H16N2. The summed E-state index contributed by atoms with van der Waals surface area (Å²) in [6.07, 6.45) is 4.60. The zero-order valence-corrected chi connectivity index (χ0v) is 9.76. The van der Waals surface area contributed by atoms with E-state index in [1.807, 2.05) is 12.3 Å². The van der Waals surface area contributed by atoms with Gasteiger partial charge < -0.3 is 5.32 Å². The average Bonchev–Trinajstić information content (AvgIpc) is 3.22. The Hall–Kier alpha value is -1.67. The molecule has 86 valence electrons. The highest BCUT2D eigenvalue weighted by molar-refractivity contribution is 5.62. The average molecular weight is 224 g/mol. The van der Waals surface area contributed by atoms with E-state index in [0.717, 1.165) is 18.3 Å². The minimum absolute atomic E-state index is 0.741. The first-order chi connectivity index (χ1) is 8.42. The van der Waals surface area contributed by atoms with Crippen LogP contribution in [0.4, 0.5) is 0 Å². The molecule has 0 bridgehead atoms. The molecule has 0 spiro atoms. The fraction of sp³-hybridized carbons (Fsp3) is 0.267. The molecular weight excluding hydrogens is 208 g/mol. The molecule has 2 heteroatoms. The van der Waals surface area contributed by atoms with Gasteiger partial charge in [-0.15, -0.1) is 0 Å². The Morgan fingerprint density at radius 1 is 1.00 bits per heavy atom. The zero-order valence-electron chi connectivity index (χ0n) is 9.76. The van der Waals surface area contributed by atoms with E-state index in [4.69, 9.17) is 0 Å². The number of nitrogens with zero attached hydrogens (tertiary/aromatic N) is 1. The molecule has 1 aliphatic carbocycles. The van der Waals surface area contributed by atoms with Crippen LogP contribution in [0.2, 0.25) is 0 Å². The highest BCUT2D eigenvalue weighted by Crippen LogP contribution is 2.20. The maximum absolute atomic E-state index is 4.49. The van der Waals surface area contributed by atoms with Gasteiger partial charge in [-0.3, -0.25) is 4.98 Å². The summed E-state index contributed by atoms with van der Waals surface area (Å²) in [6, 6.07) is 15.4. The van der Waals surface area contributed by atoms with Crippen LogP contribution in [0.25, 0.3) is 11.1 Å². The molecule has 17 heavy (non-hydrogen) atoms. The molecule has 1 N–H and O–H groups in total. The Kier molecular flexibility index (Phi) is 2.88. The Balaban J connectivity index is 1.70. The van der Waals surface area contributed by atoms with Crippen LogP contribution >= 0.6 is 0 Å². The quantitative estimate of drug-likeness (QED) is 0.863. The van der Waals surface area contributed by atoms with Crippen LogP contribution in [0.3, 0.4) is 0 Å². The number of rotatable bonds is 4. The first-order valence-corrected chi connectivity index (χ1v) is 6.15. The van der Waals surface area contributed by atoms with Crippen molar-refractivity contribution in [3.8, 4) is 11.1 Å². The van der Waals surface area contributed by atoms with Gasteiger partial charge >= 0.3 is 0 Å². The fourth-order valence-electron chi connectivity index (χ4n) is 1.87. The topological polar surface area (TPSA) is 24.9 Å². The molecule has 0 saturated heterocycles. The van der Waals surface area contributed by atoms with Crippen LogP contribution in [-0.4, -0.2) is 11.0 Å². The smallest absolute Gasteiger partial charge is 0.0542 e. The summed E-state index contributed by atoms with van der Waals surface area (Å²) >= 11 is 0. The third-order valence-electron chi connectivity index (χ3n) is 3.08. The van der Waals surface area contributed by atoms with Crippen molar-refractivity contribution in [1.29, 1.82) is 0 Å². The van der Waals surface area contributed by atoms with Crippen molar-refractivity contribution in [2.45, 2.75) is 25.4 Å². The van der Waals surface area contributed by atoms with E-state index in [-0.39, 0.29) is 0 Å². The van der Waals surface area contributed by atoms with Gasteiger partial charge in [0, 0.05) is 24.3 Å². The number of hydrogen-bond acceptors (Lipinski definition) is 2. The molecule has 1 aromatic heterocycles. The highest BCUT2D eigenvalue weighted by Gasteiger charge is 2.19. The lowest BCUT2D eigenvalue weighted by Gasteiger charge is -2.04. The van der Waals surface area contributed by atoms with Crippen LogP contribution in [-0.2, 0) is 6.54 Å². The van der Waals surface area contributed by atoms with Gasteiger partial charge in [-0.25, -0.2) is 0 Å². The molecule has 2 aromatic rings. The SMILES string of the molecule is c1ccc(-c2ccc(CNC3CC3)nc2)cc1. The predicted molar refractivity (Wildman–Crippen MR) is 69.5 cm³/mol. The van der Waals surface area contributed by atoms with E-state index in [1.165, 1.54) is 24.0 Å². The molecule has 0 aliphatic heterocycles. The Morgan fingerprint density at radius 3 is 2.47 bits per heavy atom. The minimum atomic E-state index is 0.741. The van der Waals surface area contributed by atoms with Crippen LogP contribution in [0.1, 0.15) is 18.5 Å². The molecule has 0 amide bonds. The van der Waals surface area contributed by atoms with Crippen molar-refractivity contribution in [2.75, 3.05) is 0 Å². The monoisotopic (exact) mass is 224 g/mol. The molecule has 1 aliphatic rings. The van der Waals surface area contributed by atoms with Crippen LogP contribution in [0, 0.1) is 0 Å². The van der Waals surface area contributed by atoms with Crippen molar-refractivity contribution in [2.24, 2.45) is 0 Å². The van der Waals surface area contributed by atoms with E-state index in [9.17, 15) is 0 Å². The van der Waals surface area contributed by atoms with Gasteiger partial charge in [0.25, 0.3) is 0 Å². The van der Waals surface area contributed by atoms with Crippen molar-refractivity contribution >= 4 is 0 Å². The highest BCUT2D eigenvalue weighted by atomic mass is 15.0. The van der Waals surface area contributed by atoms with Crippen LogP contribution in [0.15, 0.2) is 48.7 Å². The van der Waals surface area contributed by atoms with E-state index in [2.05, 4.69) is 46.7 Å². The number of benzene rings is 1. The van der Waals surface area contributed by atoms with Crippen molar-refractivity contribution in [1.82, 2.24) is 10.3 Å². The van der Waals surface area contributed by atoms with Crippen molar-refractivity contribution < 1.29 is 0 Å². The fourth-order valence-corrected chi connectivity index (χ4v) is 1.87.